The predicted octanol–water partition coefficient (Wildman–Crippen LogP) is 6.81. The van der Waals surface area contributed by atoms with Crippen LogP contribution in [0.2, 0.25) is 0 Å². The third-order valence-electron chi connectivity index (χ3n) is 10.8. The number of para-hydroxylation sites is 2. The largest absolute Gasteiger partial charge is 0.512 e. The molecule has 5 nitrogen and oxygen atoms in total. The van der Waals surface area contributed by atoms with Crippen molar-refractivity contribution in [2.75, 3.05) is 19.6 Å². The molecular formula is C32H46N4O. The maximum Gasteiger partial charge on any atom is 0.114 e. The number of nitrogens with zero attached hydrogens (tertiary/aromatic N) is 4. The highest BCUT2D eigenvalue weighted by molar-refractivity contribution is 5.76. The number of piperidine rings is 3. The summed E-state index contributed by atoms with van der Waals surface area (Å²) in [5, 5.41) is 9.85. The van der Waals surface area contributed by atoms with Gasteiger partial charge in [-0.25, -0.2) is 4.98 Å². The number of likely N-dealkylation sites (tertiary alicyclic amines) is 1. The van der Waals surface area contributed by atoms with Crippen LogP contribution in [0, 0.1) is 11.8 Å². The van der Waals surface area contributed by atoms with Crippen molar-refractivity contribution < 1.29 is 5.11 Å². The van der Waals surface area contributed by atoms with E-state index in [0.29, 0.717) is 18.5 Å². The number of aliphatic hydroxyl groups excluding tert-OH is 1. The van der Waals surface area contributed by atoms with E-state index in [1.807, 2.05) is 0 Å². The average molecular weight is 503 g/mol. The zero-order chi connectivity index (χ0) is 24.9. The number of hydrogen-bond donors (Lipinski definition) is 1. The van der Waals surface area contributed by atoms with E-state index in [4.69, 9.17) is 4.98 Å². The summed E-state index contributed by atoms with van der Waals surface area (Å²) in [4.78, 5) is 10.8. The fourth-order valence-corrected chi connectivity index (χ4v) is 9.54. The third-order valence-corrected chi connectivity index (χ3v) is 10.8. The molecule has 4 bridgehead atoms. The van der Waals surface area contributed by atoms with Gasteiger partial charge in [-0.2, -0.15) is 0 Å². The summed E-state index contributed by atoms with van der Waals surface area (Å²) >= 11 is 0. The highest BCUT2D eigenvalue weighted by Gasteiger charge is 2.45. The van der Waals surface area contributed by atoms with Crippen LogP contribution in [0.4, 0.5) is 0 Å². The molecule has 5 heteroatoms. The molecule has 0 radical (unpaired) electrons. The fraction of sp³-hybridized carbons (Fsp3) is 0.719. The molecule has 0 unspecified atom stereocenters. The lowest BCUT2D eigenvalue weighted by atomic mass is 9.68. The monoisotopic (exact) mass is 502 g/mol. The Hall–Kier alpha value is -1.85. The first kappa shape index (κ1) is 24.2. The Labute approximate surface area is 222 Å². The molecule has 7 atom stereocenters. The predicted molar refractivity (Wildman–Crippen MR) is 150 cm³/mol. The molecule has 0 spiro atoms. The Morgan fingerprint density at radius 2 is 1.57 bits per heavy atom. The van der Waals surface area contributed by atoms with Crippen molar-refractivity contribution in [2.24, 2.45) is 11.8 Å². The normalized spacial score (nSPS) is 37.0. The zero-order valence-electron chi connectivity index (χ0n) is 22.6. The number of fused-ring (bicyclic) bond motifs is 5. The third kappa shape index (κ3) is 4.65. The number of rotatable bonds is 5. The Balaban J connectivity index is 1.18. The van der Waals surface area contributed by atoms with Gasteiger partial charge in [0, 0.05) is 36.6 Å². The summed E-state index contributed by atoms with van der Waals surface area (Å²) < 4.78 is 2.70. The molecule has 5 fully saturated rings. The van der Waals surface area contributed by atoms with Gasteiger partial charge < -0.3 is 9.67 Å². The van der Waals surface area contributed by atoms with E-state index >= 15 is 0 Å². The molecule has 7 rings (SSSR count). The van der Waals surface area contributed by atoms with Crippen LogP contribution in [0.5, 0.6) is 0 Å². The smallest absolute Gasteiger partial charge is 0.114 e. The summed E-state index contributed by atoms with van der Waals surface area (Å²) in [5.74, 6) is 4.02. The summed E-state index contributed by atoms with van der Waals surface area (Å²) in [6.07, 6.45) is 18.1. The summed E-state index contributed by atoms with van der Waals surface area (Å²) in [7, 11) is 0. The van der Waals surface area contributed by atoms with E-state index in [1.165, 1.54) is 88.4 Å². The van der Waals surface area contributed by atoms with Crippen molar-refractivity contribution in [1.29, 1.82) is 0 Å². The Bertz CT molecular complexity index is 1100. The van der Waals surface area contributed by atoms with Crippen LogP contribution < -0.4 is 0 Å². The van der Waals surface area contributed by atoms with Crippen molar-refractivity contribution in [3.63, 3.8) is 0 Å². The molecule has 2 aliphatic carbocycles. The van der Waals surface area contributed by atoms with Crippen LogP contribution in [0.1, 0.15) is 101 Å². The second kappa shape index (κ2) is 10.0. The first-order valence-corrected chi connectivity index (χ1v) is 15.5. The number of aromatic nitrogens is 2. The van der Waals surface area contributed by atoms with Crippen LogP contribution in [0.3, 0.4) is 0 Å². The zero-order valence-corrected chi connectivity index (χ0v) is 22.6. The van der Waals surface area contributed by atoms with Crippen LogP contribution in [0.25, 0.3) is 11.0 Å². The van der Waals surface area contributed by atoms with Gasteiger partial charge in [0.2, 0.25) is 0 Å². The van der Waals surface area contributed by atoms with E-state index in [0.717, 1.165) is 55.0 Å². The van der Waals surface area contributed by atoms with Crippen molar-refractivity contribution in [2.45, 2.75) is 114 Å². The van der Waals surface area contributed by atoms with Gasteiger partial charge in [0.05, 0.1) is 23.3 Å². The lowest BCUT2D eigenvalue weighted by Gasteiger charge is -2.55. The van der Waals surface area contributed by atoms with Gasteiger partial charge in [0.15, 0.2) is 0 Å². The topological polar surface area (TPSA) is 44.5 Å². The van der Waals surface area contributed by atoms with Gasteiger partial charge in [0.1, 0.15) is 5.82 Å². The fourth-order valence-electron chi connectivity index (χ4n) is 9.54. The molecule has 5 aliphatic rings. The number of aliphatic hydroxyl groups is 1. The second-order valence-corrected chi connectivity index (χ2v) is 13.3. The molecule has 2 aromatic rings. The van der Waals surface area contributed by atoms with Crippen LogP contribution in [0.15, 0.2) is 36.6 Å². The Kier molecular flexibility index (Phi) is 6.57. The number of benzene rings is 1. The van der Waals surface area contributed by atoms with Crippen molar-refractivity contribution in [3.05, 3.63) is 42.4 Å². The first-order valence-electron chi connectivity index (χ1n) is 15.5. The van der Waals surface area contributed by atoms with Crippen LogP contribution >= 0.6 is 0 Å². The van der Waals surface area contributed by atoms with Gasteiger partial charge in [-0.1, -0.05) is 44.4 Å². The van der Waals surface area contributed by atoms with Gasteiger partial charge in [-0.3, -0.25) is 9.80 Å². The molecule has 3 aliphatic heterocycles. The molecule has 1 N–H and O–H groups in total. The molecule has 3 saturated heterocycles. The minimum absolute atomic E-state index is 0.279. The molecule has 1 aromatic carbocycles. The van der Waals surface area contributed by atoms with E-state index in [9.17, 15) is 5.11 Å². The molecule has 2 saturated carbocycles. The second-order valence-electron chi connectivity index (χ2n) is 13.3. The number of imidazole rings is 1. The van der Waals surface area contributed by atoms with Gasteiger partial charge in [-0.15, -0.1) is 0 Å². The lowest BCUT2D eigenvalue weighted by Crippen LogP contribution is -2.58. The van der Waals surface area contributed by atoms with Crippen molar-refractivity contribution in [1.82, 2.24) is 19.4 Å². The van der Waals surface area contributed by atoms with E-state index in [2.05, 4.69) is 45.2 Å². The molecule has 4 heterocycles. The van der Waals surface area contributed by atoms with Crippen molar-refractivity contribution >= 4 is 11.0 Å². The molecule has 200 valence electrons. The van der Waals surface area contributed by atoms with E-state index < -0.39 is 0 Å². The minimum atomic E-state index is 0.279. The molecule has 37 heavy (non-hydrogen) atoms. The first-order chi connectivity index (χ1) is 18.1. The van der Waals surface area contributed by atoms with Crippen molar-refractivity contribution in [3.8, 4) is 0 Å². The van der Waals surface area contributed by atoms with Gasteiger partial charge in [-0.05, 0) is 88.3 Å². The lowest BCUT2D eigenvalue weighted by molar-refractivity contribution is -0.0487. The Morgan fingerprint density at radius 1 is 0.838 bits per heavy atom. The van der Waals surface area contributed by atoms with Crippen LogP contribution in [-0.2, 0) is 0 Å². The highest BCUT2D eigenvalue weighted by Crippen LogP contribution is 2.48. The van der Waals surface area contributed by atoms with Crippen LogP contribution in [-0.4, -0.2) is 62.2 Å². The molecule has 0 amide bonds. The van der Waals surface area contributed by atoms with E-state index in [1.54, 1.807) is 0 Å². The summed E-state index contributed by atoms with van der Waals surface area (Å²) in [6.45, 7) is 6.36. The van der Waals surface area contributed by atoms with E-state index in [-0.39, 0.29) is 5.76 Å². The average Bonchev–Trinajstić information content (AvgIpc) is 3.27. The highest BCUT2D eigenvalue weighted by atomic mass is 16.3. The molecule has 1 aromatic heterocycles. The maximum absolute atomic E-state index is 9.85. The van der Waals surface area contributed by atoms with Gasteiger partial charge >= 0.3 is 0 Å². The van der Waals surface area contributed by atoms with Gasteiger partial charge in [0.25, 0.3) is 0 Å². The standard InChI is InChI=1S/C32H46N4O/c1-22(37)20-34-14-6-9-25(21-34)32-33-30-12-2-3-13-31(30)36(32)29-18-26-10-5-11-27(19-29)35(26)28-16-23-7-4-8-24(15-23)17-28/h2-3,12-13,23-29,37H,1,4-11,14-21H2/t23-,24+,25-,26-,27+,28+,29+/m0/s1. The SMILES string of the molecule is C=C(O)CN1CCC[C@H](c2nc3ccccc3n2[C@H]2C[C@H]3CCC[C@@H](C2)N3[C@H]2C[C@@H]3CCC[C@@H](C3)C2)C1. The summed E-state index contributed by atoms with van der Waals surface area (Å²) in [5.41, 5.74) is 2.50. The quantitative estimate of drug-likeness (QED) is 0.456. The Morgan fingerprint density at radius 3 is 2.32 bits per heavy atom. The molecular weight excluding hydrogens is 456 g/mol. The summed E-state index contributed by atoms with van der Waals surface area (Å²) in [6, 6.07) is 11.8. The number of hydrogen-bond acceptors (Lipinski definition) is 4. The maximum atomic E-state index is 9.85. The minimum Gasteiger partial charge on any atom is -0.512 e.